The number of amides is 1. The summed E-state index contributed by atoms with van der Waals surface area (Å²) >= 11 is 0. The highest BCUT2D eigenvalue weighted by Crippen LogP contribution is 2.24. The van der Waals surface area contributed by atoms with Crippen LogP contribution in [0.5, 0.6) is 0 Å². The van der Waals surface area contributed by atoms with Crippen LogP contribution in [0.25, 0.3) is 0 Å². The van der Waals surface area contributed by atoms with E-state index in [1.54, 1.807) is 4.90 Å². The monoisotopic (exact) mass is 333 g/mol. The van der Waals surface area contributed by atoms with Gasteiger partial charge in [0, 0.05) is 25.2 Å². The van der Waals surface area contributed by atoms with Crippen LogP contribution < -0.4 is 14.9 Å². The molecule has 1 atom stereocenters. The number of carbonyl (C=O) groups is 1. The van der Waals surface area contributed by atoms with Crippen molar-refractivity contribution in [2.75, 3.05) is 30.8 Å². The first-order valence-electron chi connectivity index (χ1n) is 6.68. The molecule has 1 aliphatic heterocycles. The molecule has 1 aromatic carbocycles. The molecule has 1 heterocycles. The third kappa shape index (κ3) is 4.63. The molecule has 1 saturated heterocycles. The third-order valence-electron chi connectivity index (χ3n) is 3.30. The Morgan fingerprint density at radius 2 is 2.14 bits per heavy atom. The molecule has 2 rings (SSSR count). The number of benzene rings is 1. The predicted molar refractivity (Wildman–Crippen MR) is 78.0 cm³/mol. The SMILES string of the molecule is CS(=O)(=O)NCC(=O)NC1CCN(c2ccc(F)cc2F)C1. The van der Waals surface area contributed by atoms with Gasteiger partial charge in [-0.3, -0.25) is 4.79 Å². The van der Waals surface area contributed by atoms with E-state index in [2.05, 4.69) is 10.0 Å². The predicted octanol–water partition coefficient (Wildman–Crippen LogP) is 0.209. The number of carbonyl (C=O) groups excluding carboxylic acids is 1. The van der Waals surface area contributed by atoms with E-state index in [0.717, 1.165) is 12.3 Å². The molecule has 1 fully saturated rings. The minimum atomic E-state index is -3.42. The summed E-state index contributed by atoms with van der Waals surface area (Å²) < 4.78 is 50.5. The first-order valence-corrected chi connectivity index (χ1v) is 8.58. The minimum absolute atomic E-state index is 0.210. The van der Waals surface area contributed by atoms with E-state index >= 15 is 0 Å². The lowest BCUT2D eigenvalue weighted by Gasteiger charge is -2.19. The summed E-state index contributed by atoms with van der Waals surface area (Å²) in [6.45, 7) is 0.570. The zero-order valence-electron chi connectivity index (χ0n) is 12.0. The second-order valence-corrected chi connectivity index (χ2v) is 7.02. The van der Waals surface area contributed by atoms with Crippen LogP contribution in [0.4, 0.5) is 14.5 Å². The van der Waals surface area contributed by atoms with E-state index < -0.39 is 27.6 Å². The maximum Gasteiger partial charge on any atom is 0.235 e. The van der Waals surface area contributed by atoms with Crippen LogP contribution >= 0.6 is 0 Å². The summed E-state index contributed by atoms with van der Waals surface area (Å²) in [4.78, 5) is 13.3. The standard InChI is InChI=1S/C13H17F2N3O3S/c1-22(20,21)16-7-13(19)17-10-4-5-18(8-10)12-3-2-9(14)6-11(12)15/h2-3,6,10,16H,4-5,7-8H2,1H3,(H,17,19). The van der Waals surface area contributed by atoms with Crippen molar-refractivity contribution in [1.29, 1.82) is 0 Å². The van der Waals surface area contributed by atoms with Crippen molar-refractivity contribution < 1.29 is 22.0 Å². The van der Waals surface area contributed by atoms with Gasteiger partial charge in [0.25, 0.3) is 0 Å². The number of nitrogens with one attached hydrogen (secondary N) is 2. The highest BCUT2D eigenvalue weighted by Gasteiger charge is 2.25. The average Bonchev–Trinajstić information content (AvgIpc) is 2.84. The van der Waals surface area contributed by atoms with E-state index in [9.17, 15) is 22.0 Å². The summed E-state index contributed by atoms with van der Waals surface area (Å²) in [6.07, 6.45) is 1.57. The Labute approximate surface area is 127 Å². The van der Waals surface area contributed by atoms with Gasteiger partial charge in [-0.15, -0.1) is 0 Å². The molecule has 22 heavy (non-hydrogen) atoms. The average molecular weight is 333 g/mol. The molecule has 1 aliphatic rings. The van der Waals surface area contributed by atoms with Crippen LogP contribution in [0, 0.1) is 11.6 Å². The smallest absolute Gasteiger partial charge is 0.235 e. The third-order valence-corrected chi connectivity index (χ3v) is 3.97. The summed E-state index contributed by atoms with van der Waals surface area (Å²) in [6, 6.07) is 3.15. The molecule has 1 aromatic rings. The lowest BCUT2D eigenvalue weighted by molar-refractivity contribution is -0.120. The number of halogens is 2. The van der Waals surface area contributed by atoms with Gasteiger partial charge in [-0.2, -0.15) is 0 Å². The summed E-state index contributed by atoms with van der Waals surface area (Å²) in [5.41, 5.74) is 0.285. The maximum absolute atomic E-state index is 13.7. The Kier molecular flexibility index (Phi) is 4.97. The molecule has 0 aromatic heterocycles. The van der Waals surface area contributed by atoms with E-state index in [4.69, 9.17) is 0 Å². The second-order valence-electron chi connectivity index (χ2n) is 5.19. The van der Waals surface area contributed by atoms with Crippen molar-refractivity contribution in [3.63, 3.8) is 0 Å². The Balaban J connectivity index is 1.89. The van der Waals surface area contributed by atoms with Gasteiger partial charge in [-0.05, 0) is 18.6 Å². The quantitative estimate of drug-likeness (QED) is 0.807. The van der Waals surface area contributed by atoms with Crippen LogP contribution in [0.3, 0.4) is 0 Å². The fourth-order valence-electron chi connectivity index (χ4n) is 2.31. The van der Waals surface area contributed by atoms with E-state index in [0.29, 0.717) is 19.5 Å². The fourth-order valence-corrected chi connectivity index (χ4v) is 2.70. The number of hydrogen-bond donors (Lipinski definition) is 2. The van der Waals surface area contributed by atoms with Crippen molar-refractivity contribution in [2.45, 2.75) is 12.5 Å². The van der Waals surface area contributed by atoms with Gasteiger partial charge in [0.15, 0.2) is 0 Å². The van der Waals surface area contributed by atoms with Crippen molar-refractivity contribution >= 4 is 21.6 Å². The number of sulfonamides is 1. The Morgan fingerprint density at radius 1 is 1.41 bits per heavy atom. The van der Waals surface area contributed by atoms with Gasteiger partial charge in [0.1, 0.15) is 11.6 Å². The van der Waals surface area contributed by atoms with Crippen LogP contribution in [-0.4, -0.2) is 46.3 Å². The summed E-state index contributed by atoms with van der Waals surface area (Å²) in [7, 11) is -3.42. The molecule has 0 radical (unpaired) electrons. The van der Waals surface area contributed by atoms with Gasteiger partial charge in [-0.1, -0.05) is 0 Å². The molecule has 2 N–H and O–H groups in total. The van der Waals surface area contributed by atoms with Gasteiger partial charge >= 0.3 is 0 Å². The molecule has 122 valence electrons. The highest BCUT2D eigenvalue weighted by molar-refractivity contribution is 7.88. The molecular formula is C13H17F2N3O3S. The second kappa shape index (κ2) is 6.57. The number of anilines is 1. The lowest BCUT2D eigenvalue weighted by Crippen LogP contribution is -2.42. The number of hydrogen-bond acceptors (Lipinski definition) is 4. The highest BCUT2D eigenvalue weighted by atomic mass is 32.2. The number of rotatable bonds is 5. The molecule has 6 nitrogen and oxygen atoms in total. The molecule has 0 bridgehead atoms. The van der Waals surface area contributed by atoms with Crippen molar-refractivity contribution in [3.05, 3.63) is 29.8 Å². The van der Waals surface area contributed by atoms with E-state index in [-0.39, 0.29) is 18.3 Å². The topological polar surface area (TPSA) is 78.5 Å². The van der Waals surface area contributed by atoms with E-state index in [1.807, 2.05) is 0 Å². The molecule has 0 spiro atoms. The molecule has 0 aliphatic carbocycles. The van der Waals surface area contributed by atoms with Gasteiger partial charge in [-0.25, -0.2) is 21.9 Å². The van der Waals surface area contributed by atoms with Crippen LogP contribution in [0.2, 0.25) is 0 Å². The minimum Gasteiger partial charge on any atom is -0.367 e. The molecule has 9 heteroatoms. The van der Waals surface area contributed by atoms with E-state index in [1.165, 1.54) is 12.1 Å². The Morgan fingerprint density at radius 3 is 2.77 bits per heavy atom. The Bertz CT molecular complexity index is 666. The largest absolute Gasteiger partial charge is 0.367 e. The lowest BCUT2D eigenvalue weighted by atomic mass is 10.2. The fraction of sp³-hybridized carbons (Fsp3) is 0.462. The molecule has 1 unspecified atom stereocenters. The first kappa shape index (κ1) is 16.6. The normalized spacial score (nSPS) is 18.5. The molecule has 1 amide bonds. The van der Waals surface area contributed by atoms with Gasteiger partial charge in [0.2, 0.25) is 15.9 Å². The molecular weight excluding hydrogens is 316 g/mol. The first-order chi connectivity index (χ1) is 10.2. The van der Waals surface area contributed by atoms with Crippen molar-refractivity contribution in [2.24, 2.45) is 0 Å². The Hall–Kier alpha value is -1.74. The van der Waals surface area contributed by atoms with Gasteiger partial charge < -0.3 is 10.2 Å². The van der Waals surface area contributed by atoms with Crippen LogP contribution in [-0.2, 0) is 14.8 Å². The number of nitrogens with zero attached hydrogens (tertiary/aromatic N) is 1. The van der Waals surface area contributed by atoms with Crippen molar-refractivity contribution in [1.82, 2.24) is 10.0 Å². The maximum atomic E-state index is 13.7. The zero-order valence-corrected chi connectivity index (χ0v) is 12.8. The summed E-state index contributed by atoms with van der Waals surface area (Å²) in [5, 5.41) is 2.68. The van der Waals surface area contributed by atoms with Gasteiger partial charge in [0.05, 0.1) is 18.5 Å². The zero-order chi connectivity index (χ0) is 16.3. The van der Waals surface area contributed by atoms with Crippen LogP contribution in [0.1, 0.15) is 6.42 Å². The van der Waals surface area contributed by atoms with Crippen LogP contribution in [0.15, 0.2) is 18.2 Å². The molecule has 0 saturated carbocycles. The summed E-state index contributed by atoms with van der Waals surface area (Å²) in [5.74, 6) is -1.74. The van der Waals surface area contributed by atoms with Crippen molar-refractivity contribution in [3.8, 4) is 0 Å².